The van der Waals surface area contributed by atoms with Gasteiger partial charge >= 0.3 is 0 Å². The number of nitrogens with two attached hydrogens (primary N) is 1. The normalized spacial score (nSPS) is 15.5. The van der Waals surface area contributed by atoms with Crippen LogP contribution in [0.3, 0.4) is 0 Å². The maximum Gasteiger partial charge on any atom is 0.251 e. The number of nitrogens with one attached hydrogen (secondary N) is 2. The number of halogens is 1. The van der Waals surface area contributed by atoms with Crippen molar-refractivity contribution in [2.45, 2.75) is 32.2 Å². The van der Waals surface area contributed by atoms with Gasteiger partial charge in [-0.1, -0.05) is 18.2 Å². The van der Waals surface area contributed by atoms with Gasteiger partial charge in [-0.25, -0.2) is 4.99 Å². The molecule has 0 saturated carbocycles. The van der Waals surface area contributed by atoms with Gasteiger partial charge in [0.25, 0.3) is 5.91 Å². The number of amides is 1. The molecule has 0 bridgehead atoms. The molecule has 0 unspecified atom stereocenters. The molecule has 26 heavy (non-hydrogen) atoms. The first kappa shape index (κ1) is 18.7. The van der Waals surface area contributed by atoms with Crippen LogP contribution >= 0.6 is 24.0 Å². The SMILES string of the molecule is I.NC(=NCc1ccc2c(c1)C(=O)NCC2)Nc1ccc2c(c1)CCC2. The minimum Gasteiger partial charge on any atom is -0.370 e. The van der Waals surface area contributed by atoms with Gasteiger partial charge in [0, 0.05) is 17.8 Å². The van der Waals surface area contributed by atoms with Gasteiger partial charge in [0.1, 0.15) is 0 Å². The molecule has 136 valence electrons. The molecule has 0 radical (unpaired) electrons. The van der Waals surface area contributed by atoms with E-state index in [0.29, 0.717) is 19.0 Å². The molecule has 2 aromatic rings. The lowest BCUT2D eigenvalue weighted by Crippen LogP contribution is -2.31. The summed E-state index contributed by atoms with van der Waals surface area (Å²) in [6, 6.07) is 12.3. The predicted molar refractivity (Wildman–Crippen MR) is 115 cm³/mol. The molecule has 0 aromatic heterocycles. The van der Waals surface area contributed by atoms with Crippen LogP contribution < -0.4 is 16.4 Å². The molecule has 2 aromatic carbocycles. The topological polar surface area (TPSA) is 79.5 Å². The second-order valence-electron chi connectivity index (χ2n) is 6.66. The van der Waals surface area contributed by atoms with E-state index in [1.165, 1.54) is 24.0 Å². The highest BCUT2D eigenvalue weighted by Gasteiger charge is 2.16. The second kappa shape index (κ2) is 8.07. The fraction of sp³-hybridized carbons (Fsp3) is 0.300. The third kappa shape index (κ3) is 4.00. The van der Waals surface area contributed by atoms with Gasteiger partial charge in [-0.3, -0.25) is 4.79 Å². The van der Waals surface area contributed by atoms with Gasteiger partial charge in [-0.05, 0) is 66.1 Å². The van der Waals surface area contributed by atoms with Crippen LogP contribution in [0.2, 0.25) is 0 Å². The number of aliphatic imine (C=N–C) groups is 1. The standard InChI is InChI=1S/C20H22N4O.HI/c21-20(24-17-7-6-14-2-1-3-16(14)11-17)23-12-13-4-5-15-8-9-22-19(25)18(15)10-13;/h4-7,10-11H,1-3,8-9,12H2,(H,22,25)(H3,21,23,24);1H. The lowest BCUT2D eigenvalue weighted by atomic mass is 9.98. The summed E-state index contributed by atoms with van der Waals surface area (Å²) >= 11 is 0. The van der Waals surface area contributed by atoms with Crippen LogP contribution in [0, 0.1) is 0 Å². The molecule has 1 aliphatic carbocycles. The number of carbonyl (C=O) groups is 1. The molecule has 1 heterocycles. The average Bonchev–Trinajstić information content (AvgIpc) is 3.08. The van der Waals surface area contributed by atoms with E-state index in [1.54, 1.807) is 0 Å². The molecule has 0 atom stereocenters. The first-order chi connectivity index (χ1) is 12.2. The van der Waals surface area contributed by atoms with E-state index in [-0.39, 0.29) is 29.9 Å². The summed E-state index contributed by atoms with van der Waals surface area (Å²) < 4.78 is 0. The summed E-state index contributed by atoms with van der Waals surface area (Å²) in [5.74, 6) is 0.386. The number of hydrogen-bond donors (Lipinski definition) is 3. The van der Waals surface area contributed by atoms with Crippen molar-refractivity contribution in [3.63, 3.8) is 0 Å². The van der Waals surface area contributed by atoms with Crippen molar-refractivity contribution in [3.8, 4) is 0 Å². The fourth-order valence-electron chi connectivity index (χ4n) is 3.57. The molecule has 1 aliphatic heterocycles. The highest BCUT2D eigenvalue weighted by molar-refractivity contribution is 14.0. The molecule has 6 heteroatoms. The monoisotopic (exact) mass is 462 g/mol. The molecular weight excluding hydrogens is 439 g/mol. The van der Waals surface area contributed by atoms with E-state index in [4.69, 9.17) is 5.73 Å². The summed E-state index contributed by atoms with van der Waals surface area (Å²) in [5, 5.41) is 6.03. The Kier molecular flexibility index (Phi) is 5.80. The quantitative estimate of drug-likeness (QED) is 0.373. The van der Waals surface area contributed by atoms with Crippen LogP contribution in [0.1, 0.15) is 39.0 Å². The van der Waals surface area contributed by atoms with Gasteiger partial charge in [0.15, 0.2) is 5.96 Å². The number of anilines is 1. The number of nitrogens with zero attached hydrogens (tertiary/aromatic N) is 1. The molecule has 5 nitrogen and oxygen atoms in total. The maximum atomic E-state index is 11.9. The third-order valence-electron chi connectivity index (χ3n) is 4.90. The average molecular weight is 462 g/mol. The molecule has 4 rings (SSSR count). The highest BCUT2D eigenvalue weighted by Crippen LogP contribution is 2.24. The van der Waals surface area contributed by atoms with E-state index >= 15 is 0 Å². The minimum atomic E-state index is -0.00341. The largest absolute Gasteiger partial charge is 0.370 e. The smallest absolute Gasteiger partial charge is 0.251 e. The molecule has 1 amide bonds. The number of fused-ring (bicyclic) bond motifs is 2. The molecule has 0 spiro atoms. The number of carbonyl (C=O) groups excluding carboxylic acids is 1. The highest BCUT2D eigenvalue weighted by atomic mass is 127. The van der Waals surface area contributed by atoms with E-state index < -0.39 is 0 Å². The van der Waals surface area contributed by atoms with Crippen LogP contribution in [0.15, 0.2) is 41.4 Å². The van der Waals surface area contributed by atoms with E-state index in [2.05, 4.69) is 33.8 Å². The summed E-state index contributed by atoms with van der Waals surface area (Å²) in [4.78, 5) is 16.3. The zero-order chi connectivity index (χ0) is 17.2. The molecule has 0 saturated heterocycles. The number of guanidine groups is 1. The van der Waals surface area contributed by atoms with Crippen molar-refractivity contribution in [1.29, 1.82) is 0 Å². The Morgan fingerprint density at radius 1 is 1.08 bits per heavy atom. The molecule has 0 fully saturated rings. The lowest BCUT2D eigenvalue weighted by Gasteiger charge is -2.16. The Labute approximate surface area is 170 Å². The van der Waals surface area contributed by atoms with Crippen molar-refractivity contribution in [2.75, 3.05) is 11.9 Å². The lowest BCUT2D eigenvalue weighted by molar-refractivity contribution is 0.0946. The van der Waals surface area contributed by atoms with Crippen molar-refractivity contribution < 1.29 is 4.79 Å². The van der Waals surface area contributed by atoms with Crippen LogP contribution in [0.5, 0.6) is 0 Å². The van der Waals surface area contributed by atoms with Gasteiger partial charge in [0.2, 0.25) is 0 Å². The van der Waals surface area contributed by atoms with Crippen molar-refractivity contribution in [2.24, 2.45) is 10.7 Å². The van der Waals surface area contributed by atoms with Gasteiger partial charge in [-0.2, -0.15) is 0 Å². The summed E-state index contributed by atoms with van der Waals surface area (Å²) in [7, 11) is 0. The number of rotatable bonds is 3. The van der Waals surface area contributed by atoms with Gasteiger partial charge < -0.3 is 16.4 Å². The molecule has 2 aliphatic rings. The zero-order valence-electron chi connectivity index (χ0n) is 14.5. The third-order valence-corrected chi connectivity index (χ3v) is 4.90. The van der Waals surface area contributed by atoms with Crippen molar-refractivity contribution in [3.05, 3.63) is 64.2 Å². The van der Waals surface area contributed by atoms with Crippen LogP contribution in [0.4, 0.5) is 5.69 Å². The first-order valence-corrected chi connectivity index (χ1v) is 8.78. The van der Waals surface area contributed by atoms with Gasteiger partial charge in [-0.15, -0.1) is 24.0 Å². The summed E-state index contributed by atoms with van der Waals surface area (Å²) in [6.07, 6.45) is 4.42. The molecular formula is C20H23IN4O. The van der Waals surface area contributed by atoms with E-state index in [1.807, 2.05) is 18.2 Å². The Balaban J connectivity index is 0.00000196. The maximum absolute atomic E-state index is 11.9. The number of aryl methyl sites for hydroxylation is 2. The van der Waals surface area contributed by atoms with Crippen LogP contribution in [-0.4, -0.2) is 18.4 Å². The van der Waals surface area contributed by atoms with Crippen LogP contribution in [-0.2, 0) is 25.8 Å². The van der Waals surface area contributed by atoms with Crippen molar-refractivity contribution in [1.82, 2.24) is 5.32 Å². The predicted octanol–water partition coefficient (Wildman–Crippen LogP) is 3.01. The summed E-state index contributed by atoms with van der Waals surface area (Å²) in [6.45, 7) is 1.16. The summed E-state index contributed by atoms with van der Waals surface area (Å²) in [5.41, 5.74) is 12.7. The van der Waals surface area contributed by atoms with Crippen LogP contribution in [0.25, 0.3) is 0 Å². The number of hydrogen-bond acceptors (Lipinski definition) is 2. The Hall–Kier alpha value is -2.09. The number of benzene rings is 2. The molecule has 4 N–H and O–H groups in total. The zero-order valence-corrected chi connectivity index (χ0v) is 16.9. The minimum absolute atomic E-state index is 0. The Morgan fingerprint density at radius 2 is 1.88 bits per heavy atom. The van der Waals surface area contributed by atoms with E-state index in [0.717, 1.165) is 35.2 Å². The van der Waals surface area contributed by atoms with Crippen molar-refractivity contribution >= 4 is 41.5 Å². The Morgan fingerprint density at radius 3 is 2.77 bits per heavy atom. The van der Waals surface area contributed by atoms with E-state index in [9.17, 15) is 4.79 Å². The second-order valence-corrected chi connectivity index (χ2v) is 6.66. The fourth-order valence-corrected chi connectivity index (χ4v) is 3.57. The first-order valence-electron chi connectivity index (χ1n) is 8.78. The Bertz CT molecular complexity index is 863. The van der Waals surface area contributed by atoms with Gasteiger partial charge in [0.05, 0.1) is 6.54 Å².